The molecule has 5 nitrogen and oxygen atoms in total. The van der Waals surface area contributed by atoms with Crippen LogP contribution < -0.4 is 4.90 Å². The molecule has 2 aromatic rings. The molecular weight excluding hydrogens is 324 g/mol. The van der Waals surface area contributed by atoms with Crippen LogP contribution in [0.2, 0.25) is 0 Å². The average Bonchev–Trinajstić information content (AvgIpc) is 3.12. The number of aryl methyl sites for hydroxylation is 1. The summed E-state index contributed by atoms with van der Waals surface area (Å²) in [6, 6.07) is 10.5. The third-order valence-electron chi connectivity index (χ3n) is 5.67. The Morgan fingerprint density at radius 1 is 1.15 bits per heavy atom. The molecule has 2 aliphatic heterocycles. The van der Waals surface area contributed by atoms with Crippen molar-refractivity contribution in [1.29, 1.82) is 0 Å². The van der Waals surface area contributed by atoms with Crippen molar-refractivity contribution in [3.63, 3.8) is 0 Å². The number of carbonyl (C=O) groups is 1. The van der Waals surface area contributed by atoms with Crippen molar-refractivity contribution in [2.24, 2.45) is 0 Å². The lowest BCUT2D eigenvalue weighted by Gasteiger charge is -2.33. The molecule has 3 heterocycles. The van der Waals surface area contributed by atoms with Gasteiger partial charge >= 0.3 is 0 Å². The lowest BCUT2D eigenvalue weighted by Crippen LogP contribution is -2.45. The zero-order valence-electron chi connectivity index (χ0n) is 15.6. The van der Waals surface area contributed by atoms with Gasteiger partial charge in [-0.05, 0) is 39.3 Å². The van der Waals surface area contributed by atoms with E-state index in [2.05, 4.69) is 11.8 Å². The van der Waals surface area contributed by atoms with Crippen molar-refractivity contribution in [2.45, 2.75) is 45.6 Å². The fraction of sp³-hybridized carbons (Fsp3) is 0.476. The summed E-state index contributed by atoms with van der Waals surface area (Å²) in [5.74, 6) is 1.73. The number of fused-ring (bicyclic) bond motifs is 1. The molecule has 0 radical (unpaired) electrons. The molecule has 1 saturated heterocycles. The van der Waals surface area contributed by atoms with Gasteiger partial charge in [0.25, 0.3) is 0 Å². The topological polar surface area (TPSA) is 49.3 Å². The fourth-order valence-corrected chi connectivity index (χ4v) is 4.22. The van der Waals surface area contributed by atoms with Crippen LogP contribution in [-0.4, -0.2) is 46.5 Å². The van der Waals surface area contributed by atoms with Crippen LogP contribution in [0, 0.1) is 6.92 Å². The summed E-state index contributed by atoms with van der Waals surface area (Å²) >= 11 is 0. The monoisotopic (exact) mass is 350 g/mol. The van der Waals surface area contributed by atoms with E-state index in [4.69, 9.17) is 9.97 Å². The number of hydrogen-bond donors (Lipinski definition) is 0. The smallest absolute Gasteiger partial charge is 0.228 e. The van der Waals surface area contributed by atoms with Crippen LogP contribution in [0.3, 0.4) is 0 Å². The van der Waals surface area contributed by atoms with Crippen LogP contribution in [-0.2, 0) is 11.2 Å². The molecule has 26 heavy (non-hydrogen) atoms. The van der Waals surface area contributed by atoms with E-state index >= 15 is 0 Å². The summed E-state index contributed by atoms with van der Waals surface area (Å²) in [6.07, 6.45) is 3.67. The first kappa shape index (κ1) is 17.2. The first-order chi connectivity index (χ1) is 12.7. The zero-order chi connectivity index (χ0) is 18.1. The van der Waals surface area contributed by atoms with Crippen LogP contribution in [0.15, 0.2) is 30.3 Å². The minimum Gasteiger partial charge on any atom is -0.299 e. The lowest BCUT2D eigenvalue weighted by atomic mass is 10.0. The van der Waals surface area contributed by atoms with E-state index in [0.29, 0.717) is 18.3 Å². The molecule has 1 amide bonds. The maximum Gasteiger partial charge on any atom is 0.228 e. The van der Waals surface area contributed by atoms with Gasteiger partial charge in [-0.25, -0.2) is 9.97 Å². The molecule has 0 aliphatic carbocycles. The highest BCUT2D eigenvalue weighted by Gasteiger charge is 2.33. The molecule has 0 bridgehead atoms. The molecule has 1 aromatic heterocycles. The summed E-state index contributed by atoms with van der Waals surface area (Å²) in [4.78, 5) is 26.7. The number of carbonyl (C=O) groups excluding carboxylic acids is 1. The van der Waals surface area contributed by atoms with Crippen molar-refractivity contribution in [3.8, 4) is 11.4 Å². The summed E-state index contributed by atoms with van der Waals surface area (Å²) in [7, 11) is 0. The number of likely N-dealkylation sites (tertiary alicyclic amines) is 1. The van der Waals surface area contributed by atoms with Crippen molar-refractivity contribution in [2.75, 3.05) is 24.5 Å². The molecule has 1 aromatic carbocycles. The molecular formula is C21H26N4O. The van der Waals surface area contributed by atoms with Crippen LogP contribution in [0.1, 0.15) is 37.4 Å². The van der Waals surface area contributed by atoms with Gasteiger partial charge in [0.15, 0.2) is 5.82 Å². The molecule has 4 rings (SSSR count). The van der Waals surface area contributed by atoms with Gasteiger partial charge in [-0.2, -0.15) is 0 Å². The van der Waals surface area contributed by atoms with E-state index in [0.717, 1.165) is 55.1 Å². The summed E-state index contributed by atoms with van der Waals surface area (Å²) in [6.45, 7) is 7.15. The zero-order valence-corrected chi connectivity index (χ0v) is 15.6. The predicted molar refractivity (Wildman–Crippen MR) is 103 cm³/mol. The van der Waals surface area contributed by atoms with Crippen molar-refractivity contribution >= 4 is 11.7 Å². The number of rotatable bonds is 4. The Morgan fingerprint density at radius 2 is 1.96 bits per heavy atom. The molecule has 0 spiro atoms. The molecule has 2 aliphatic rings. The van der Waals surface area contributed by atoms with E-state index in [-0.39, 0.29) is 5.91 Å². The third kappa shape index (κ3) is 3.12. The molecule has 1 atom stereocenters. The Morgan fingerprint density at radius 3 is 2.73 bits per heavy atom. The second-order valence-electron chi connectivity index (χ2n) is 7.23. The Bertz CT molecular complexity index is 805. The SMILES string of the molecule is CCN1CCC[C@@H]1CN1C(=O)CCc2c(C)nc(-c3ccccc3)nc21. The van der Waals surface area contributed by atoms with E-state index in [1.54, 1.807) is 0 Å². The van der Waals surface area contributed by atoms with Crippen LogP contribution in [0.25, 0.3) is 11.4 Å². The molecule has 1 fully saturated rings. The van der Waals surface area contributed by atoms with Gasteiger partial charge in [-0.15, -0.1) is 0 Å². The summed E-state index contributed by atoms with van der Waals surface area (Å²) in [5.41, 5.74) is 3.11. The number of aromatic nitrogens is 2. The quantitative estimate of drug-likeness (QED) is 0.849. The number of hydrogen-bond acceptors (Lipinski definition) is 4. The van der Waals surface area contributed by atoms with Gasteiger partial charge in [0, 0.05) is 35.8 Å². The Hall–Kier alpha value is -2.27. The highest BCUT2D eigenvalue weighted by Crippen LogP contribution is 2.31. The van der Waals surface area contributed by atoms with Gasteiger partial charge in [-0.1, -0.05) is 37.3 Å². The molecule has 136 valence electrons. The van der Waals surface area contributed by atoms with E-state index in [1.165, 1.54) is 6.42 Å². The Labute approximate surface area is 155 Å². The fourth-order valence-electron chi connectivity index (χ4n) is 4.22. The maximum absolute atomic E-state index is 12.7. The highest BCUT2D eigenvalue weighted by atomic mass is 16.2. The summed E-state index contributed by atoms with van der Waals surface area (Å²) in [5, 5.41) is 0. The number of likely N-dealkylation sites (N-methyl/N-ethyl adjacent to an activating group) is 1. The van der Waals surface area contributed by atoms with Gasteiger partial charge in [-0.3, -0.25) is 14.6 Å². The number of nitrogens with zero attached hydrogens (tertiary/aromatic N) is 4. The van der Waals surface area contributed by atoms with Crippen LogP contribution in [0.4, 0.5) is 5.82 Å². The molecule has 0 saturated carbocycles. The number of amides is 1. The minimum atomic E-state index is 0.192. The van der Waals surface area contributed by atoms with Crippen LogP contribution >= 0.6 is 0 Å². The van der Waals surface area contributed by atoms with Crippen molar-refractivity contribution in [3.05, 3.63) is 41.6 Å². The van der Waals surface area contributed by atoms with E-state index < -0.39 is 0 Å². The molecule has 0 N–H and O–H groups in total. The third-order valence-corrected chi connectivity index (χ3v) is 5.67. The first-order valence-corrected chi connectivity index (χ1v) is 9.64. The normalized spacial score (nSPS) is 20.5. The molecule has 0 unspecified atom stereocenters. The van der Waals surface area contributed by atoms with E-state index in [9.17, 15) is 4.79 Å². The maximum atomic E-state index is 12.7. The van der Waals surface area contributed by atoms with Crippen molar-refractivity contribution in [1.82, 2.24) is 14.9 Å². The standard InChI is InChI=1S/C21H26N4O/c1-3-24-13-7-10-17(24)14-25-19(26)12-11-18-15(2)22-20(23-21(18)25)16-8-5-4-6-9-16/h4-6,8-9,17H,3,7,10-14H2,1-2H3/t17-/m1/s1. The van der Waals surface area contributed by atoms with Crippen LogP contribution in [0.5, 0.6) is 0 Å². The Kier molecular flexibility index (Phi) is 4.72. The first-order valence-electron chi connectivity index (χ1n) is 9.64. The predicted octanol–water partition coefficient (Wildman–Crippen LogP) is 3.22. The second kappa shape index (κ2) is 7.16. The van der Waals surface area contributed by atoms with Gasteiger partial charge in [0.05, 0.1) is 0 Å². The van der Waals surface area contributed by atoms with Gasteiger partial charge in [0.1, 0.15) is 5.82 Å². The second-order valence-corrected chi connectivity index (χ2v) is 7.23. The van der Waals surface area contributed by atoms with Gasteiger partial charge < -0.3 is 0 Å². The molecule has 5 heteroatoms. The highest BCUT2D eigenvalue weighted by molar-refractivity contribution is 5.95. The number of anilines is 1. The lowest BCUT2D eigenvalue weighted by molar-refractivity contribution is -0.119. The van der Waals surface area contributed by atoms with Crippen molar-refractivity contribution < 1.29 is 4.79 Å². The van der Waals surface area contributed by atoms with E-state index in [1.807, 2.05) is 42.2 Å². The van der Waals surface area contributed by atoms with Gasteiger partial charge in [0.2, 0.25) is 5.91 Å². The average molecular weight is 350 g/mol. The number of benzene rings is 1. The Balaban J connectivity index is 1.72. The largest absolute Gasteiger partial charge is 0.299 e. The summed E-state index contributed by atoms with van der Waals surface area (Å²) < 4.78 is 0. The minimum absolute atomic E-state index is 0.192.